The predicted octanol–water partition coefficient (Wildman–Crippen LogP) is 7.84. The van der Waals surface area contributed by atoms with Gasteiger partial charge in [-0.05, 0) is 35.9 Å². The lowest BCUT2D eigenvalue weighted by Gasteiger charge is -2.09. The van der Waals surface area contributed by atoms with Gasteiger partial charge in [-0.25, -0.2) is 19.9 Å². The van der Waals surface area contributed by atoms with Crippen molar-refractivity contribution in [3.05, 3.63) is 132 Å². The lowest BCUT2D eigenvalue weighted by Crippen LogP contribution is -1.99. The summed E-state index contributed by atoms with van der Waals surface area (Å²) in [6.07, 6.45) is 5.38. The molecule has 9 rings (SSSR count). The summed E-state index contributed by atoms with van der Waals surface area (Å²) in [6.45, 7) is 0.622. The molecule has 9 aromatic rings. The number of benzene rings is 4. The fourth-order valence-corrected chi connectivity index (χ4v) is 5.66. The third-order valence-corrected chi connectivity index (χ3v) is 8.20. The van der Waals surface area contributed by atoms with E-state index in [0.717, 1.165) is 55.6 Å². The number of fused-ring (bicyclic) bond motifs is 3. The van der Waals surface area contributed by atoms with E-state index in [2.05, 4.69) is 50.7 Å². The van der Waals surface area contributed by atoms with Gasteiger partial charge in [0, 0.05) is 22.2 Å². The maximum Gasteiger partial charge on any atom is 0.162 e. The molecule has 4 aromatic carbocycles. The van der Waals surface area contributed by atoms with Gasteiger partial charge >= 0.3 is 0 Å². The summed E-state index contributed by atoms with van der Waals surface area (Å²) in [5.74, 6) is 2.77. The summed E-state index contributed by atoms with van der Waals surface area (Å²) in [5.41, 5.74) is 7.77. The van der Waals surface area contributed by atoms with E-state index in [1.54, 1.807) is 19.5 Å². The second kappa shape index (κ2) is 13.5. The minimum Gasteiger partial charge on any atom is -0.497 e. The first-order valence-electron chi connectivity index (χ1n) is 15.7. The highest BCUT2D eigenvalue weighted by Gasteiger charge is 2.13. The number of aromatic amines is 2. The molecule has 0 amide bonds. The van der Waals surface area contributed by atoms with E-state index < -0.39 is 0 Å². The Kier molecular flexibility index (Phi) is 8.25. The Bertz CT molecular complexity index is 2550. The van der Waals surface area contributed by atoms with Crippen LogP contribution < -0.4 is 10.1 Å². The number of hydrogen-bond donors (Lipinski definition) is 3. The minimum absolute atomic E-state index is 0.359. The van der Waals surface area contributed by atoms with Crippen LogP contribution in [0.2, 0.25) is 5.15 Å². The van der Waals surface area contributed by atoms with E-state index in [1.165, 1.54) is 0 Å². The van der Waals surface area contributed by atoms with E-state index in [1.807, 2.05) is 114 Å². The summed E-state index contributed by atoms with van der Waals surface area (Å²) in [5, 5.41) is 23.3. The van der Waals surface area contributed by atoms with Crippen molar-refractivity contribution in [3.8, 4) is 28.5 Å². The van der Waals surface area contributed by atoms with Crippen LogP contribution in [-0.4, -0.2) is 57.2 Å². The summed E-state index contributed by atoms with van der Waals surface area (Å²) >= 11 is 6.32. The lowest BCUT2D eigenvalue weighted by molar-refractivity contribution is 0.414. The van der Waals surface area contributed by atoms with Crippen LogP contribution in [0.4, 0.5) is 11.5 Å². The molecule has 0 aliphatic carbocycles. The number of nitrogens with one attached hydrogen (secondary N) is 3. The summed E-state index contributed by atoms with van der Waals surface area (Å²) in [7, 11) is 1.65. The zero-order valence-electron chi connectivity index (χ0n) is 26.6. The number of methoxy groups -OCH3 is 1. The van der Waals surface area contributed by atoms with E-state index in [4.69, 9.17) is 16.3 Å². The highest BCUT2D eigenvalue weighted by Crippen LogP contribution is 2.28. The van der Waals surface area contributed by atoms with Crippen LogP contribution in [-0.2, 0) is 6.54 Å². The molecule has 0 radical (unpaired) electrons. The number of aromatic nitrogens is 10. The Morgan fingerprint density at radius 1 is 0.740 bits per heavy atom. The van der Waals surface area contributed by atoms with Crippen LogP contribution in [0, 0.1) is 0 Å². The summed E-state index contributed by atoms with van der Waals surface area (Å²) in [4.78, 5) is 18.3. The van der Waals surface area contributed by atoms with Gasteiger partial charge in [-0.1, -0.05) is 84.4 Å². The predicted molar refractivity (Wildman–Crippen MR) is 194 cm³/mol. The molecule has 0 aliphatic rings. The number of rotatable bonds is 7. The maximum atomic E-state index is 6.32. The minimum atomic E-state index is 0.359. The lowest BCUT2D eigenvalue weighted by atomic mass is 10.2. The standard InChI is InChI=1S/C19H15ClN4O.C18H13N7/c1-25-15-9-7-13(8-10-15)11-24-12-16-17(23-24)18(20)22-19(21-16)14-5-3-2-4-6-14;1-2-4-11(5-3-1)17-22-15-10-20-25-16(15)18(23-17)21-13-6-7-14-12(8-13)9-19-24-14/h2-10,12H,11H2,1H3;1-10H,(H,19,24)(H,20,25)(H,21,22,23). The second-order valence-electron chi connectivity index (χ2n) is 11.3. The molecule has 13 heteroatoms. The van der Waals surface area contributed by atoms with Crippen molar-refractivity contribution >= 4 is 56.1 Å². The number of H-pyrrole nitrogens is 2. The molecule has 0 saturated carbocycles. The van der Waals surface area contributed by atoms with Gasteiger partial charge in [-0.3, -0.25) is 14.9 Å². The topological polar surface area (TPSA) is 148 Å². The Balaban J connectivity index is 0.000000144. The van der Waals surface area contributed by atoms with Crippen molar-refractivity contribution in [2.75, 3.05) is 12.4 Å². The quantitative estimate of drug-likeness (QED) is 0.143. The molecule has 50 heavy (non-hydrogen) atoms. The van der Waals surface area contributed by atoms with Gasteiger partial charge in [0.25, 0.3) is 0 Å². The van der Waals surface area contributed by atoms with Crippen LogP contribution in [0.5, 0.6) is 5.75 Å². The molecule has 12 nitrogen and oxygen atoms in total. The smallest absolute Gasteiger partial charge is 0.162 e. The SMILES string of the molecule is COc1ccc(Cn2cc3nc(-c4ccccc4)nc(Cl)c3n2)cc1.c1ccc(-c2nc(Nc3ccc4[nH]ncc4c3)c3[nH]ncc3n2)cc1. The molecular formula is C37H28ClN11O. The number of ether oxygens (including phenoxy) is 1. The Morgan fingerprint density at radius 2 is 1.44 bits per heavy atom. The average Bonchev–Trinajstić information content (AvgIpc) is 3.93. The van der Waals surface area contributed by atoms with Gasteiger partial charge in [0.05, 0.1) is 37.8 Å². The zero-order chi connectivity index (χ0) is 33.9. The van der Waals surface area contributed by atoms with Crippen molar-refractivity contribution in [2.45, 2.75) is 6.54 Å². The highest BCUT2D eigenvalue weighted by molar-refractivity contribution is 6.33. The fourth-order valence-electron chi connectivity index (χ4n) is 5.44. The molecule has 0 aliphatic heterocycles. The first-order chi connectivity index (χ1) is 24.6. The monoisotopic (exact) mass is 677 g/mol. The third-order valence-electron chi connectivity index (χ3n) is 7.94. The molecule has 5 heterocycles. The summed E-state index contributed by atoms with van der Waals surface area (Å²) in [6, 6.07) is 33.5. The van der Waals surface area contributed by atoms with Crippen LogP contribution in [0.15, 0.2) is 122 Å². The molecule has 0 bridgehead atoms. The molecule has 0 saturated heterocycles. The number of anilines is 2. The number of hydrogen-bond acceptors (Lipinski definition) is 9. The normalized spacial score (nSPS) is 11.1. The zero-order valence-corrected chi connectivity index (χ0v) is 27.4. The Morgan fingerprint density at radius 3 is 2.18 bits per heavy atom. The highest BCUT2D eigenvalue weighted by atomic mass is 35.5. The van der Waals surface area contributed by atoms with E-state index in [9.17, 15) is 0 Å². The van der Waals surface area contributed by atoms with Crippen molar-refractivity contribution in [1.82, 2.24) is 50.1 Å². The molecule has 244 valence electrons. The van der Waals surface area contributed by atoms with Crippen LogP contribution >= 0.6 is 11.6 Å². The molecule has 0 spiro atoms. The van der Waals surface area contributed by atoms with Gasteiger partial charge in [-0.15, -0.1) is 0 Å². The number of nitrogens with zero attached hydrogens (tertiary/aromatic N) is 8. The number of halogens is 1. The Hall–Kier alpha value is -6.66. The molecule has 5 aromatic heterocycles. The van der Waals surface area contributed by atoms with Gasteiger partial charge in [0.15, 0.2) is 22.6 Å². The van der Waals surface area contributed by atoms with Crippen LogP contribution in [0.25, 0.3) is 55.7 Å². The largest absolute Gasteiger partial charge is 0.497 e. The fraction of sp³-hybridized carbons (Fsp3) is 0.0541. The van der Waals surface area contributed by atoms with Crippen molar-refractivity contribution in [2.24, 2.45) is 0 Å². The van der Waals surface area contributed by atoms with Crippen LogP contribution in [0.3, 0.4) is 0 Å². The van der Waals surface area contributed by atoms with Crippen molar-refractivity contribution in [3.63, 3.8) is 0 Å². The first-order valence-corrected chi connectivity index (χ1v) is 16.0. The van der Waals surface area contributed by atoms with Crippen LogP contribution in [0.1, 0.15) is 5.56 Å². The third kappa shape index (κ3) is 6.42. The van der Waals surface area contributed by atoms with Crippen molar-refractivity contribution in [1.29, 1.82) is 0 Å². The van der Waals surface area contributed by atoms with E-state index in [0.29, 0.717) is 34.7 Å². The Labute approximate surface area is 290 Å². The van der Waals surface area contributed by atoms with Gasteiger partial charge in [0.2, 0.25) is 0 Å². The summed E-state index contributed by atoms with van der Waals surface area (Å²) < 4.78 is 7.00. The first kappa shape index (κ1) is 30.7. The molecule has 0 fully saturated rings. The molecule has 0 atom stereocenters. The molecule has 3 N–H and O–H groups in total. The second-order valence-corrected chi connectivity index (χ2v) is 11.7. The average molecular weight is 678 g/mol. The van der Waals surface area contributed by atoms with Gasteiger partial charge < -0.3 is 10.1 Å². The van der Waals surface area contributed by atoms with E-state index >= 15 is 0 Å². The van der Waals surface area contributed by atoms with Gasteiger partial charge in [0.1, 0.15) is 27.8 Å². The van der Waals surface area contributed by atoms with Crippen molar-refractivity contribution < 1.29 is 4.74 Å². The maximum absolute atomic E-state index is 6.32. The van der Waals surface area contributed by atoms with E-state index in [-0.39, 0.29) is 0 Å². The molecule has 0 unspecified atom stereocenters. The molecular weight excluding hydrogens is 650 g/mol. The van der Waals surface area contributed by atoms with Gasteiger partial charge in [-0.2, -0.15) is 15.3 Å².